The number of anilines is 1. The van der Waals surface area contributed by atoms with E-state index < -0.39 is 28.0 Å². The lowest BCUT2D eigenvalue weighted by molar-refractivity contribution is -0.123. The molecule has 150 valence electrons. The molecule has 28 heavy (non-hydrogen) atoms. The predicted octanol–water partition coefficient (Wildman–Crippen LogP) is 2.13. The molecular formula is C19H22N2O6S. The minimum atomic E-state index is -3.59. The molecule has 8 nitrogen and oxygen atoms in total. The van der Waals surface area contributed by atoms with Crippen molar-refractivity contribution in [1.29, 1.82) is 0 Å². The molecule has 2 aromatic rings. The standard InChI is InChI=1S/C19H22N2O6S/c1-13(18(22)20-16-7-5-6-8-17(16)26-4)27-19(23)14-9-11-15(12-10-14)28(24,25)21(2)3/h5-13H,1-4H3,(H,20,22)/t13-/m1/s1. The van der Waals surface area contributed by atoms with Crippen LogP contribution in [0.2, 0.25) is 0 Å². The fourth-order valence-electron chi connectivity index (χ4n) is 2.24. The Morgan fingerprint density at radius 1 is 1.04 bits per heavy atom. The van der Waals surface area contributed by atoms with Crippen molar-refractivity contribution in [3.05, 3.63) is 54.1 Å². The van der Waals surface area contributed by atoms with Crippen LogP contribution in [0.25, 0.3) is 0 Å². The largest absolute Gasteiger partial charge is 0.495 e. The molecule has 0 aliphatic carbocycles. The molecule has 0 saturated heterocycles. The normalized spacial score (nSPS) is 12.3. The maximum atomic E-state index is 12.3. The van der Waals surface area contributed by atoms with Gasteiger partial charge in [0.05, 0.1) is 23.3 Å². The Bertz CT molecular complexity index is 955. The minimum Gasteiger partial charge on any atom is -0.495 e. The van der Waals surface area contributed by atoms with E-state index >= 15 is 0 Å². The fraction of sp³-hybridized carbons (Fsp3) is 0.263. The number of rotatable bonds is 7. The third-order valence-electron chi connectivity index (χ3n) is 3.89. The first kappa shape index (κ1) is 21.4. The number of nitrogens with one attached hydrogen (secondary N) is 1. The summed E-state index contributed by atoms with van der Waals surface area (Å²) in [5, 5.41) is 2.63. The van der Waals surface area contributed by atoms with Crippen molar-refractivity contribution in [3.63, 3.8) is 0 Å². The van der Waals surface area contributed by atoms with Crippen LogP contribution in [0.15, 0.2) is 53.4 Å². The Hall–Kier alpha value is -2.91. The average molecular weight is 406 g/mol. The molecule has 2 aromatic carbocycles. The van der Waals surface area contributed by atoms with Crippen LogP contribution in [0.1, 0.15) is 17.3 Å². The predicted molar refractivity (Wildman–Crippen MR) is 104 cm³/mol. The first-order valence-electron chi connectivity index (χ1n) is 8.34. The molecule has 1 amide bonds. The van der Waals surface area contributed by atoms with Gasteiger partial charge in [-0.3, -0.25) is 4.79 Å². The van der Waals surface area contributed by atoms with Gasteiger partial charge in [0, 0.05) is 14.1 Å². The summed E-state index contributed by atoms with van der Waals surface area (Å²) in [5.41, 5.74) is 0.589. The van der Waals surface area contributed by atoms with Gasteiger partial charge < -0.3 is 14.8 Å². The van der Waals surface area contributed by atoms with Gasteiger partial charge >= 0.3 is 5.97 Å². The quantitative estimate of drug-likeness (QED) is 0.707. The summed E-state index contributed by atoms with van der Waals surface area (Å²) in [7, 11) is 0.721. The monoisotopic (exact) mass is 406 g/mol. The number of hydrogen-bond acceptors (Lipinski definition) is 6. The first-order valence-corrected chi connectivity index (χ1v) is 9.78. The van der Waals surface area contributed by atoms with Crippen molar-refractivity contribution in [1.82, 2.24) is 4.31 Å². The third-order valence-corrected chi connectivity index (χ3v) is 5.72. The molecule has 0 fully saturated rings. The smallest absolute Gasteiger partial charge is 0.338 e. The van der Waals surface area contributed by atoms with Crippen LogP contribution in [0.3, 0.4) is 0 Å². The van der Waals surface area contributed by atoms with Crippen molar-refractivity contribution >= 4 is 27.6 Å². The zero-order chi connectivity index (χ0) is 20.9. The van der Waals surface area contributed by atoms with Crippen LogP contribution >= 0.6 is 0 Å². The number of sulfonamides is 1. The second kappa shape index (κ2) is 8.85. The Morgan fingerprint density at radius 3 is 2.21 bits per heavy atom. The van der Waals surface area contributed by atoms with Crippen LogP contribution in [0.5, 0.6) is 5.75 Å². The fourth-order valence-corrected chi connectivity index (χ4v) is 3.14. The second-order valence-corrected chi connectivity index (χ2v) is 8.20. The van der Waals surface area contributed by atoms with Gasteiger partial charge in [-0.15, -0.1) is 0 Å². The molecule has 0 aliphatic rings. The van der Waals surface area contributed by atoms with Crippen LogP contribution < -0.4 is 10.1 Å². The summed E-state index contributed by atoms with van der Waals surface area (Å²) in [6.45, 7) is 1.44. The number of nitrogens with zero attached hydrogens (tertiary/aromatic N) is 1. The van der Waals surface area contributed by atoms with E-state index in [-0.39, 0.29) is 10.5 Å². The molecule has 0 spiro atoms. The van der Waals surface area contributed by atoms with Crippen LogP contribution in [-0.2, 0) is 19.6 Å². The number of carbonyl (C=O) groups excluding carboxylic acids is 2. The highest BCUT2D eigenvalue weighted by atomic mass is 32.2. The highest BCUT2D eigenvalue weighted by Crippen LogP contribution is 2.23. The SMILES string of the molecule is COc1ccccc1NC(=O)[C@@H](C)OC(=O)c1ccc(S(=O)(=O)N(C)C)cc1. The number of methoxy groups -OCH3 is 1. The highest BCUT2D eigenvalue weighted by Gasteiger charge is 2.21. The van der Waals surface area contributed by atoms with Crippen molar-refractivity contribution in [2.75, 3.05) is 26.5 Å². The number of para-hydroxylation sites is 2. The maximum Gasteiger partial charge on any atom is 0.338 e. The van der Waals surface area contributed by atoms with Crippen molar-refractivity contribution in [2.45, 2.75) is 17.9 Å². The topological polar surface area (TPSA) is 102 Å². The molecule has 0 aromatic heterocycles. The van der Waals surface area contributed by atoms with Gasteiger partial charge in [-0.1, -0.05) is 12.1 Å². The van der Waals surface area contributed by atoms with E-state index in [1.165, 1.54) is 52.4 Å². The van der Waals surface area contributed by atoms with Crippen molar-refractivity contribution in [3.8, 4) is 5.75 Å². The summed E-state index contributed by atoms with van der Waals surface area (Å²) in [6, 6.07) is 12.1. The lowest BCUT2D eigenvalue weighted by Gasteiger charge is -2.15. The molecule has 0 aliphatic heterocycles. The number of ether oxygens (including phenoxy) is 2. The number of hydrogen-bond donors (Lipinski definition) is 1. The Morgan fingerprint density at radius 2 is 1.64 bits per heavy atom. The molecular weight excluding hydrogens is 384 g/mol. The van der Waals surface area contributed by atoms with Crippen LogP contribution in [0.4, 0.5) is 5.69 Å². The van der Waals surface area contributed by atoms with Crippen LogP contribution in [0, 0.1) is 0 Å². The van der Waals surface area contributed by atoms with Crippen LogP contribution in [-0.4, -0.2) is 51.9 Å². The molecule has 1 N–H and O–H groups in total. The molecule has 0 heterocycles. The van der Waals surface area contributed by atoms with E-state index in [2.05, 4.69) is 5.32 Å². The highest BCUT2D eigenvalue weighted by molar-refractivity contribution is 7.89. The van der Waals surface area contributed by atoms with E-state index in [4.69, 9.17) is 9.47 Å². The van der Waals surface area contributed by atoms with E-state index in [0.717, 1.165) is 4.31 Å². The zero-order valence-electron chi connectivity index (χ0n) is 16.0. The molecule has 0 bridgehead atoms. The molecule has 0 unspecified atom stereocenters. The van der Waals surface area contributed by atoms with Gasteiger partial charge in [-0.2, -0.15) is 0 Å². The Balaban J connectivity index is 2.04. The summed E-state index contributed by atoms with van der Waals surface area (Å²) in [4.78, 5) is 24.6. The summed E-state index contributed by atoms with van der Waals surface area (Å²) >= 11 is 0. The van der Waals surface area contributed by atoms with E-state index in [0.29, 0.717) is 11.4 Å². The van der Waals surface area contributed by atoms with Gasteiger partial charge in [0.25, 0.3) is 5.91 Å². The molecule has 9 heteroatoms. The zero-order valence-corrected chi connectivity index (χ0v) is 16.8. The number of amides is 1. The summed E-state index contributed by atoms with van der Waals surface area (Å²) < 4.78 is 35.5. The lowest BCUT2D eigenvalue weighted by Crippen LogP contribution is -2.30. The number of benzene rings is 2. The van der Waals surface area contributed by atoms with Gasteiger partial charge in [-0.05, 0) is 43.3 Å². The Labute approximate surface area is 164 Å². The average Bonchev–Trinajstić information content (AvgIpc) is 2.68. The van der Waals surface area contributed by atoms with Gasteiger partial charge in [-0.25, -0.2) is 17.5 Å². The van der Waals surface area contributed by atoms with E-state index in [9.17, 15) is 18.0 Å². The van der Waals surface area contributed by atoms with Gasteiger partial charge in [0.1, 0.15) is 5.75 Å². The molecule has 2 rings (SSSR count). The maximum absolute atomic E-state index is 12.3. The van der Waals surface area contributed by atoms with E-state index in [1.807, 2.05) is 0 Å². The summed E-state index contributed by atoms with van der Waals surface area (Å²) in [5.74, 6) is -0.784. The van der Waals surface area contributed by atoms with Gasteiger partial charge in [0.15, 0.2) is 6.10 Å². The summed E-state index contributed by atoms with van der Waals surface area (Å²) in [6.07, 6.45) is -1.07. The van der Waals surface area contributed by atoms with Crippen molar-refractivity contribution in [2.24, 2.45) is 0 Å². The first-order chi connectivity index (χ1) is 13.2. The molecule has 0 radical (unpaired) electrons. The van der Waals surface area contributed by atoms with Gasteiger partial charge in [0.2, 0.25) is 10.0 Å². The minimum absolute atomic E-state index is 0.0519. The van der Waals surface area contributed by atoms with E-state index in [1.54, 1.807) is 24.3 Å². The number of esters is 1. The Kier molecular flexibility index (Phi) is 6.76. The van der Waals surface area contributed by atoms with Crippen molar-refractivity contribution < 1.29 is 27.5 Å². The molecule has 0 saturated carbocycles. The molecule has 1 atom stereocenters. The third kappa shape index (κ3) is 4.87. The lowest BCUT2D eigenvalue weighted by atomic mass is 10.2. The number of carbonyl (C=O) groups is 2. The second-order valence-electron chi connectivity index (χ2n) is 6.05.